The van der Waals surface area contributed by atoms with Gasteiger partial charge in [0.15, 0.2) is 15.1 Å². The molecule has 2 nitrogen and oxygen atoms in total. The molecule has 2 rings (SSSR count). The van der Waals surface area contributed by atoms with E-state index in [1.54, 1.807) is 48.5 Å². The molecule has 0 heterocycles. The van der Waals surface area contributed by atoms with Crippen LogP contribution in [0.25, 0.3) is 0 Å². The Morgan fingerprint density at radius 1 is 1.00 bits per heavy atom. The Hall–Kier alpha value is -2.05. The maximum atomic E-state index is 12.5. The first-order valence-electron chi connectivity index (χ1n) is 5.87. The molecule has 0 bridgehead atoms. The van der Waals surface area contributed by atoms with Crippen LogP contribution in [0.4, 0.5) is 0 Å². The van der Waals surface area contributed by atoms with Crippen LogP contribution in [0.2, 0.25) is 0 Å². The Bertz CT molecular complexity index is 693. The minimum absolute atomic E-state index is 0.255. The Balaban J connectivity index is 2.49. The smallest absolute Gasteiger partial charge is 0.196 e. The summed E-state index contributed by atoms with van der Waals surface area (Å²) in [6.07, 6.45) is 5.43. The van der Waals surface area contributed by atoms with Crippen LogP contribution in [0.1, 0.15) is 16.4 Å². The van der Waals surface area contributed by atoms with E-state index < -0.39 is 15.1 Å². The standard InChI is InChI=1S/C16H14O2S/c1-3-16(14-7-5-4-6-8-14)19(17,18)15-11-9-13(2)10-12-15/h1,4-12,16H,2H3/t16-/m0/s1. The third-order valence-corrected chi connectivity index (χ3v) is 4.87. The predicted octanol–water partition coefficient (Wildman–Crippen LogP) is 3.14. The van der Waals surface area contributed by atoms with Gasteiger partial charge in [-0.3, -0.25) is 0 Å². The highest BCUT2D eigenvalue weighted by Gasteiger charge is 2.26. The highest BCUT2D eigenvalue weighted by atomic mass is 32.2. The number of benzene rings is 2. The molecule has 0 N–H and O–H groups in total. The molecule has 0 saturated carbocycles. The van der Waals surface area contributed by atoms with Crippen molar-refractivity contribution in [3.63, 3.8) is 0 Å². The van der Waals surface area contributed by atoms with E-state index in [-0.39, 0.29) is 4.90 Å². The molecule has 0 amide bonds. The summed E-state index contributed by atoms with van der Waals surface area (Å²) >= 11 is 0. The largest absolute Gasteiger partial charge is 0.222 e. The lowest BCUT2D eigenvalue weighted by atomic mass is 10.2. The molecule has 96 valence electrons. The molecule has 0 radical (unpaired) electrons. The number of hydrogen-bond acceptors (Lipinski definition) is 2. The predicted molar refractivity (Wildman–Crippen MR) is 76.4 cm³/mol. The summed E-state index contributed by atoms with van der Waals surface area (Å²) in [4.78, 5) is 0.255. The molecule has 1 atom stereocenters. The van der Waals surface area contributed by atoms with Crippen molar-refractivity contribution < 1.29 is 8.42 Å². The van der Waals surface area contributed by atoms with Gasteiger partial charge < -0.3 is 0 Å². The van der Waals surface area contributed by atoms with Crippen LogP contribution in [0, 0.1) is 19.3 Å². The van der Waals surface area contributed by atoms with Gasteiger partial charge in [-0.1, -0.05) is 53.9 Å². The van der Waals surface area contributed by atoms with Gasteiger partial charge in [-0.05, 0) is 24.6 Å². The monoisotopic (exact) mass is 270 g/mol. The molecule has 3 heteroatoms. The lowest BCUT2D eigenvalue weighted by Gasteiger charge is -2.12. The lowest BCUT2D eigenvalue weighted by Crippen LogP contribution is -2.12. The average molecular weight is 270 g/mol. The molecule has 0 aromatic heterocycles. The summed E-state index contributed by atoms with van der Waals surface area (Å²) in [5.41, 5.74) is 1.63. The molecular weight excluding hydrogens is 256 g/mol. The molecular formula is C16H14O2S. The van der Waals surface area contributed by atoms with E-state index in [2.05, 4.69) is 5.92 Å². The van der Waals surface area contributed by atoms with Crippen molar-refractivity contribution in [3.8, 4) is 12.3 Å². The number of aryl methyl sites for hydroxylation is 1. The van der Waals surface area contributed by atoms with Crippen molar-refractivity contribution >= 4 is 9.84 Å². The Morgan fingerprint density at radius 3 is 2.11 bits per heavy atom. The first kappa shape index (κ1) is 13.4. The molecule has 0 saturated heterocycles. The minimum atomic E-state index is -3.56. The van der Waals surface area contributed by atoms with Crippen molar-refractivity contribution in [3.05, 3.63) is 65.7 Å². The van der Waals surface area contributed by atoms with Gasteiger partial charge in [0.1, 0.15) is 0 Å². The molecule has 0 fully saturated rings. The van der Waals surface area contributed by atoms with Gasteiger partial charge in [-0.2, -0.15) is 0 Å². The summed E-state index contributed by atoms with van der Waals surface area (Å²) < 4.78 is 25.1. The Kier molecular flexibility index (Phi) is 3.73. The van der Waals surface area contributed by atoms with Crippen LogP contribution in [-0.4, -0.2) is 8.42 Å². The third-order valence-electron chi connectivity index (χ3n) is 2.91. The van der Waals surface area contributed by atoms with Gasteiger partial charge in [-0.25, -0.2) is 8.42 Å². The highest BCUT2D eigenvalue weighted by Crippen LogP contribution is 2.28. The minimum Gasteiger partial charge on any atom is -0.222 e. The molecule has 2 aromatic rings. The molecule has 0 unspecified atom stereocenters. The van der Waals surface area contributed by atoms with Crippen molar-refractivity contribution in [1.82, 2.24) is 0 Å². The van der Waals surface area contributed by atoms with Crippen LogP contribution in [0.3, 0.4) is 0 Å². The highest BCUT2D eigenvalue weighted by molar-refractivity contribution is 7.92. The normalized spacial score (nSPS) is 12.6. The molecule has 0 aliphatic rings. The third kappa shape index (κ3) is 2.69. The van der Waals surface area contributed by atoms with Gasteiger partial charge in [0, 0.05) is 0 Å². The number of sulfone groups is 1. The second-order valence-corrected chi connectivity index (χ2v) is 6.35. The summed E-state index contributed by atoms with van der Waals surface area (Å²) in [6, 6.07) is 15.6. The number of rotatable bonds is 3. The zero-order valence-corrected chi connectivity index (χ0v) is 11.4. The van der Waals surface area contributed by atoms with E-state index in [4.69, 9.17) is 6.42 Å². The van der Waals surface area contributed by atoms with Crippen LogP contribution in [0.15, 0.2) is 59.5 Å². The summed E-state index contributed by atoms with van der Waals surface area (Å²) in [5.74, 6) is 2.38. The molecule has 19 heavy (non-hydrogen) atoms. The van der Waals surface area contributed by atoms with Crippen LogP contribution >= 0.6 is 0 Å². The van der Waals surface area contributed by atoms with Crippen molar-refractivity contribution in [2.24, 2.45) is 0 Å². The fourth-order valence-corrected chi connectivity index (χ4v) is 3.34. The van der Waals surface area contributed by atoms with Crippen LogP contribution in [0.5, 0.6) is 0 Å². The van der Waals surface area contributed by atoms with Crippen molar-refractivity contribution in [2.75, 3.05) is 0 Å². The number of hydrogen-bond donors (Lipinski definition) is 0. The molecule has 2 aromatic carbocycles. The van der Waals surface area contributed by atoms with Gasteiger partial charge in [0.05, 0.1) is 4.90 Å². The van der Waals surface area contributed by atoms with Gasteiger partial charge in [-0.15, -0.1) is 6.42 Å². The molecule has 0 aliphatic carbocycles. The SMILES string of the molecule is C#C[C@@H](c1ccccc1)S(=O)(=O)c1ccc(C)cc1. The fourth-order valence-electron chi connectivity index (χ4n) is 1.86. The van der Waals surface area contributed by atoms with E-state index in [1.165, 1.54) is 0 Å². The zero-order valence-electron chi connectivity index (χ0n) is 10.6. The molecule has 0 spiro atoms. The van der Waals surface area contributed by atoms with Gasteiger partial charge >= 0.3 is 0 Å². The van der Waals surface area contributed by atoms with Crippen LogP contribution in [-0.2, 0) is 9.84 Å². The first-order valence-corrected chi connectivity index (χ1v) is 7.42. The first-order chi connectivity index (χ1) is 9.05. The number of terminal acetylenes is 1. The van der Waals surface area contributed by atoms with E-state index in [9.17, 15) is 8.42 Å². The lowest BCUT2D eigenvalue weighted by molar-refractivity contribution is 0.591. The van der Waals surface area contributed by atoms with Gasteiger partial charge in [0.2, 0.25) is 0 Å². The Labute approximate surface area is 114 Å². The van der Waals surface area contributed by atoms with Gasteiger partial charge in [0.25, 0.3) is 0 Å². The van der Waals surface area contributed by atoms with E-state index in [0.717, 1.165) is 5.56 Å². The topological polar surface area (TPSA) is 34.1 Å². The molecule has 0 aliphatic heterocycles. The van der Waals surface area contributed by atoms with Crippen LogP contribution < -0.4 is 0 Å². The maximum Gasteiger partial charge on any atom is 0.196 e. The zero-order chi connectivity index (χ0) is 13.9. The van der Waals surface area contributed by atoms with E-state index >= 15 is 0 Å². The maximum absolute atomic E-state index is 12.5. The summed E-state index contributed by atoms with van der Waals surface area (Å²) in [6.45, 7) is 1.91. The van der Waals surface area contributed by atoms with Crippen molar-refractivity contribution in [2.45, 2.75) is 17.1 Å². The van der Waals surface area contributed by atoms with Crippen molar-refractivity contribution in [1.29, 1.82) is 0 Å². The summed E-state index contributed by atoms with van der Waals surface area (Å²) in [7, 11) is -3.56. The average Bonchev–Trinajstić information content (AvgIpc) is 2.41. The second kappa shape index (κ2) is 5.29. The summed E-state index contributed by atoms with van der Waals surface area (Å²) in [5, 5.41) is -0.948. The quantitative estimate of drug-likeness (QED) is 0.803. The second-order valence-electron chi connectivity index (χ2n) is 4.32. The van der Waals surface area contributed by atoms with E-state index in [1.807, 2.05) is 13.0 Å². The fraction of sp³-hybridized carbons (Fsp3) is 0.125. The Morgan fingerprint density at radius 2 is 1.58 bits per heavy atom. The van der Waals surface area contributed by atoms with E-state index in [0.29, 0.717) is 5.56 Å².